The zero-order chi connectivity index (χ0) is 25.7. The van der Waals surface area contributed by atoms with Crippen LogP contribution in [0.25, 0.3) is 27.8 Å². The molecule has 2 saturated heterocycles. The Bertz CT molecular complexity index is 1450. The van der Waals surface area contributed by atoms with Crippen LogP contribution in [-0.4, -0.2) is 62.7 Å². The van der Waals surface area contributed by atoms with E-state index in [0.29, 0.717) is 11.8 Å². The van der Waals surface area contributed by atoms with E-state index in [0.717, 1.165) is 56.7 Å². The van der Waals surface area contributed by atoms with E-state index in [2.05, 4.69) is 77.8 Å². The molecule has 2 aliphatic heterocycles. The number of carbonyl (C=O) groups is 1. The van der Waals surface area contributed by atoms with Gasteiger partial charge in [-0.2, -0.15) is 5.10 Å². The molecule has 2 aliphatic rings. The van der Waals surface area contributed by atoms with Gasteiger partial charge in [-0.3, -0.25) is 0 Å². The summed E-state index contributed by atoms with van der Waals surface area (Å²) in [5, 5.41) is 12.2. The fourth-order valence-corrected chi connectivity index (χ4v) is 6.21. The second kappa shape index (κ2) is 9.49. The number of likely N-dealkylation sites (tertiary alicyclic amines) is 1. The number of carbonyl (C=O) groups excluding carboxylic acids is 1. The lowest BCUT2D eigenvalue weighted by Crippen LogP contribution is -2.48. The summed E-state index contributed by atoms with van der Waals surface area (Å²) in [6.07, 6.45) is 6.73. The molecule has 37 heavy (non-hydrogen) atoms. The SMILES string of the molecule is Cc1c(-c2[nH]c3ccc(C4CCN(C(=O)N[C@H]5CCNC5)CC4)cc3c2C(C)C)cn2ncnc2c1C. The Hall–Kier alpha value is -3.39. The van der Waals surface area contributed by atoms with Gasteiger partial charge in [0.2, 0.25) is 0 Å². The predicted molar refractivity (Wildman–Crippen MR) is 147 cm³/mol. The number of aryl methyl sites for hydroxylation is 1. The lowest BCUT2D eigenvalue weighted by Gasteiger charge is -2.33. The van der Waals surface area contributed by atoms with Gasteiger partial charge in [0.25, 0.3) is 0 Å². The molecule has 0 spiro atoms. The minimum absolute atomic E-state index is 0.0926. The Kier molecular flexibility index (Phi) is 6.15. The van der Waals surface area contributed by atoms with Gasteiger partial charge >= 0.3 is 6.03 Å². The van der Waals surface area contributed by atoms with Crippen molar-refractivity contribution in [2.24, 2.45) is 0 Å². The topological polar surface area (TPSA) is 90.4 Å². The molecule has 0 radical (unpaired) electrons. The number of hydrogen-bond donors (Lipinski definition) is 3. The molecule has 5 heterocycles. The third kappa shape index (κ3) is 4.27. The van der Waals surface area contributed by atoms with Gasteiger partial charge < -0.3 is 20.5 Å². The Labute approximate surface area is 217 Å². The van der Waals surface area contributed by atoms with Crippen molar-refractivity contribution in [3.8, 4) is 11.3 Å². The van der Waals surface area contributed by atoms with Gasteiger partial charge in [0.05, 0.1) is 5.69 Å². The number of H-pyrrole nitrogens is 1. The molecule has 0 saturated carbocycles. The van der Waals surface area contributed by atoms with Crippen molar-refractivity contribution in [1.82, 2.24) is 35.1 Å². The summed E-state index contributed by atoms with van der Waals surface area (Å²) in [4.78, 5) is 22.9. The zero-order valence-corrected chi connectivity index (χ0v) is 22.3. The number of amides is 2. The van der Waals surface area contributed by atoms with Gasteiger partial charge in [-0.1, -0.05) is 19.9 Å². The first-order valence-electron chi connectivity index (χ1n) is 13.6. The van der Waals surface area contributed by atoms with Crippen molar-refractivity contribution in [2.45, 2.75) is 64.8 Å². The number of aromatic amines is 1. The van der Waals surface area contributed by atoms with Crippen molar-refractivity contribution in [3.05, 3.63) is 53.0 Å². The van der Waals surface area contributed by atoms with Crippen LogP contribution in [0.15, 0.2) is 30.7 Å². The number of urea groups is 1. The maximum absolute atomic E-state index is 12.7. The number of aromatic nitrogens is 4. The van der Waals surface area contributed by atoms with Gasteiger partial charge in [-0.05, 0) is 85.9 Å². The minimum Gasteiger partial charge on any atom is -0.354 e. The lowest BCUT2D eigenvalue weighted by molar-refractivity contribution is 0.178. The molecule has 3 aromatic heterocycles. The second-order valence-corrected chi connectivity index (χ2v) is 11.1. The third-order valence-electron chi connectivity index (χ3n) is 8.48. The first kappa shape index (κ1) is 24.0. The fourth-order valence-electron chi connectivity index (χ4n) is 6.21. The summed E-state index contributed by atoms with van der Waals surface area (Å²) in [7, 11) is 0. The van der Waals surface area contributed by atoms with Crippen molar-refractivity contribution >= 4 is 22.6 Å². The fraction of sp³-hybridized carbons (Fsp3) is 0.483. The number of nitrogens with one attached hydrogen (secondary N) is 3. The number of fused-ring (bicyclic) bond motifs is 2. The highest BCUT2D eigenvalue weighted by Gasteiger charge is 2.27. The summed E-state index contributed by atoms with van der Waals surface area (Å²) in [6.45, 7) is 12.3. The molecule has 1 aromatic carbocycles. The molecule has 0 aliphatic carbocycles. The molecule has 8 nitrogen and oxygen atoms in total. The monoisotopic (exact) mass is 499 g/mol. The summed E-state index contributed by atoms with van der Waals surface area (Å²) < 4.78 is 1.88. The molecular formula is C29H37N7O. The highest BCUT2D eigenvalue weighted by molar-refractivity contribution is 5.92. The molecule has 194 valence electrons. The van der Waals surface area contributed by atoms with E-state index < -0.39 is 0 Å². The van der Waals surface area contributed by atoms with Crippen LogP contribution in [-0.2, 0) is 0 Å². The average Bonchev–Trinajstić information content (AvgIpc) is 3.65. The van der Waals surface area contributed by atoms with E-state index in [9.17, 15) is 4.79 Å². The molecule has 3 N–H and O–H groups in total. The van der Waals surface area contributed by atoms with Gasteiger partial charge in [0.15, 0.2) is 5.65 Å². The first-order valence-corrected chi connectivity index (χ1v) is 13.6. The summed E-state index contributed by atoms with van der Waals surface area (Å²) in [5.74, 6) is 0.830. The maximum atomic E-state index is 12.7. The Morgan fingerprint density at radius 1 is 1.14 bits per heavy atom. The number of benzene rings is 1. The number of pyridine rings is 1. The Balaban J connectivity index is 1.28. The van der Waals surface area contributed by atoms with Gasteiger partial charge in [0, 0.05) is 48.3 Å². The third-order valence-corrected chi connectivity index (χ3v) is 8.48. The largest absolute Gasteiger partial charge is 0.354 e. The summed E-state index contributed by atoms with van der Waals surface area (Å²) in [5.41, 5.74) is 9.53. The predicted octanol–water partition coefficient (Wildman–Crippen LogP) is 4.87. The van der Waals surface area contributed by atoms with Crippen molar-refractivity contribution in [2.75, 3.05) is 26.2 Å². The molecule has 2 amide bonds. The average molecular weight is 500 g/mol. The molecule has 2 fully saturated rings. The van der Waals surface area contributed by atoms with Crippen LogP contribution < -0.4 is 10.6 Å². The minimum atomic E-state index is 0.0926. The van der Waals surface area contributed by atoms with Crippen LogP contribution in [0.1, 0.15) is 67.2 Å². The highest BCUT2D eigenvalue weighted by Crippen LogP contribution is 2.40. The van der Waals surface area contributed by atoms with E-state index in [4.69, 9.17) is 0 Å². The van der Waals surface area contributed by atoms with Gasteiger partial charge in [-0.25, -0.2) is 14.3 Å². The normalized spacial score (nSPS) is 18.9. The van der Waals surface area contributed by atoms with Crippen molar-refractivity contribution in [3.63, 3.8) is 0 Å². The summed E-state index contributed by atoms with van der Waals surface area (Å²) >= 11 is 0. The Morgan fingerprint density at radius 2 is 1.95 bits per heavy atom. The number of piperidine rings is 1. The van der Waals surface area contributed by atoms with Crippen LogP contribution in [0.4, 0.5) is 4.79 Å². The molecule has 0 bridgehead atoms. The van der Waals surface area contributed by atoms with E-state index in [1.54, 1.807) is 6.33 Å². The molecular weight excluding hydrogens is 462 g/mol. The highest BCUT2D eigenvalue weighted by atomic mass is 16.2. The summed E-state index contributed by atoms with van der Waals surface area (Å²) in [6, 6.07) is 7.27. The Morgan fingerprint density at radius 3 is 2.68 bits per heavy atom. The van der Waals surface area contributed by atoms with E-state index in [1.807, 2.05) is 9.42 Å². The van der Waals surface area contributed by atoms with E-state index in [-0.39, 0.29) is 12.1 Å². The van der Waals surface area contributed by atoms with Gasteiger partial charge in [-0.15, -0.1) is 0 Å². The molecule has 4 aromatic rings. The van der Waals surface area contributed by atoms with Crippen LogP contribution in [0.2, 0.25) is 0 Å². The smallest absolute Gasteiger partial charge is 0.317 e. The molecule has 8 heteroatoms. The van der Waals surface area contributed by atoms with E-state index >= 15 is 0 Å². The number of rotatable bonds is 4. The maximum Gasteiger partial charge on any atom is 0.317 e. The molecule has 1 atom stereocenters. The van der Waals surface area contributed by atoms with Crippen molar-refractivity contribution in [1.29, 1.82) is 0 Å². The number of nitrogens with zero attached hydrogens (tertiary/aromatic N) is 4. The standard InChI is InChI=1S/C29H37N7O/c1-17(2)26-23-13-21(20-8-11-35(12-9-20)29(37)33-22-7-10-30-14-22)5-6-25(23)34-27(26)24-15-36-28(31-16-32-36)19(4)18(24)3/h5-6,13,15-17,20,22,30,34H,7-12,14H2,1-4H3,(H,33,37)/t22-/m0/s1. The van der Waals surface area contributed by atoms with Gasteiger partial charge in [0.1, 0.15) is 6.33 Å². The van der Waals surface area contributed by atoms with Crippen LogP contribution >= 0.6 is 0 Å². The van der Waals surface area contributed by atoms with Crippen LogP contribution in [0, 0.1) is 13.8 Å². The van der Waals surface area contributed by atoms with E-state index in [1.165, 1.54) is 38.9 Å². The van der Waals surface area contributed by atoms with Crippen LogP contribution in [0.5, 0.6) is 0 Å². The zero-order valence-electron chi connectivity index (χ0n) is 22.3. The number of hydrogen-bond acceptors (Lipinski definition) is 4. The second-order valence-electron chi connectivity index (χ2n) is 11.1. The quantitative estimate of drug-likeness (QED) is 0.374. The van der Waals surface area contributed by atoms with Crippen LogP contribution in [0.3, 0.4) is 0 Å². The molecule has 6 rings (SSSR count). The molecule has 0 unspecified atom stereocenters. The van der Waals surface area contributed by atoms with Crippen molar-refractivity contribution < 1.29 is 4.79 Å². The first-order chi connectivity index (χ1) is 17.9. The lowest BCUT2D eigenvalue weighted by atomic mass is 9.87.